The Morgan fingerprint density at radius 2 is 1.95 bits per heavy atom. The minimum Gasteiger partial charge on any atom is -0.322 e. The van der Waals surface area contributed by atoms with Gasteiger partial charge >= 0.3 is 0 Å². The van der Waals surface area contributed by atoms with E-state index < -0.39 is 0 Å². The third kappa shape index (κ3) is 3.71. The standard InChI is InChI=1S/C18H18N2O/c1-13-9-10-16(15(12-13)7-5-11-19)18(21)20-17-8-4-3-6-14(17)2/h3-4,6,8-10,12H,11,19H2,1-2H3,(H,20,21). The van der Waals surface area contributed by atoms with E-state index in [1.165, 1.54) is 0 Å². The van der Waals surface area contributed by atoms with Crippen LogP contribution in [0.2, 0.25) is 0 Å². The van der Waals surface area contributed by atoms with Crippen LogP contribution in [0.4, 0.5) is 5.69 Å². The highest BCUT2D eigenvalue weighted by molar-refractivity contribution is 6.06. The second-order valence-electron chi connectivity index (χ2n) is 4.82. The van der Waals surface area contributed by atoms with Gasteiger partial charge in [0.1, 0.15) is 0 Å². The summed E-state index contributed by atoms with van der Waals surface area (Å²) in [4.78, 5) is 12.5. The number of nitrogens with one attached hydrogen (secondary N) is 1. The van der Waals surface area contributed by atoms with Crippen LogP contribution in [-0.4, -0.2) is 12.5 Å². The molecule has 0 unspecified atom stereocenters. The Morgan fingerprint density at radius 1 is 1.19 bits per heavy atom. The fourth-order valence-corrected chi connectivity index (χ4v) is 2.01. The third-order valence-electron chi connectivity index (χ3n) is 3.14. The summed E-state index contributed by atoms with van der Waals surface area (Å²) in [6, 6.07) is 13.3. The molecular weight excluding hydrogens is 260 g/mol. The van der Waals surface area contributed by atoms with Gasteiger partial charge in [0.25, 0.3) is 5.91 Å². The molecule has 0 aliphatic carbocycles. The van der Waals surface area contributed by atoms with E-state index in [1.807, 2.05) is 50.2 Å². The Labute approximate surface area is 125 Å². The first kappa shape index (κ1) is 14.8. The molecule has 3 N–H and O–H groups in total. The predicted molar refractivity (Wildman–Crippen MR) is 86.2 cm³/mol. The van der Waals surface area contributed by atoms with Crippen LogP contribution in [0.1, 0.15) is 27.0 Å². The Morgan fingerprint density at radius 3 is 2.67 bits per heavy atom. The van der Waals surface area contributed by atoms with Gasteiger partial charge in [-0.15, -0.1) is 0 Å². The molecule has 0 spiro atoms. The zero-order chi connectivity index (χ0) is 15.2. The molecule has 0 radical (unpaired) electrons. The minimum absolute atomic E-state index is 0.161. The molecule has 0 fully saturated rings. The van der Waals surface area contributed by atoms with E-state index in [4.69, 9.17) is 5.73 Å². The van der Waals surface area contributed by atoms with Gasteiger partial charge in [0.2, 0.25) is 0 Å². The first-order chi connectivity index (χ1) is 10.1. The molecule has 0 saturated heterocycles. The number of anilines is 1. The number of nitrogens with two attached hydrogens (primary N) is 1. The Bertz CT molecular complexity index is 723. The maximum Gasteiger partial charge on any atom is 0.256 e. The molecule has 0 heterocycles. The normalized spacial score (nSPS) is 9.67. The number of amides is 1. The van der Waals surface area contributed by atoms with Crippen molar-refractivity contribution in [3.63, 3.8) is 0 Å². The molecule has 2 aromatic carbocycles. The molecule has 0 bridgehead atoms. The highest BCUT2D eigenvalue weighted by Gasteiger charge is 2.11. The van der Waals surface area contributed by atoms with E-state index in [0.717, 1.165) is 16.8 Å². The molecule has 3 nitrogen and oxygen atoms in total. The molecular formula is C18H18N2O. The van der Waals surface area contributed by atoms with E-state index in [2.05, 4.69) is 17.2 Å². The van der Waals surface area contributed by atoms with Crippen molar-refractivity contribution in [3.8, 4) is 11.8 Å². The minimum atomic E-state index is -0.161. The van der Waals surface area contributed by atoms with Gasteiger partial charge < -0.3 is 11.1 Å². The summed E-state index contributed by atoms with van der Waals surface area (Å²) in [5.41, 5.74) is 9.56. The van der Waals surface area contributed by atoms with Gasteiger partial charge in [-0.05, 0) is 43.2 Å². The summed E-state index contributed by atoms with van der Waals surface area (Å²) in [6.07, 6.45) is 0. The predicted octanol–water partition coefficient (Wildman–Crippen LogP) is 2.87. The number of para-hydroxylation sites is 1. The number of carbonyl (C=O) groups is 1. The van der Waals surface area contributed by atoms with E-state index >= 15 is 0 Å². The zero-order valence-electron chi connectivity index (χ0n) is 12.2. The number of aryl methyl sites for hydroxylation is 2. The van der Waals surface area contributed by atoms with Gasteiger partial charge in [-0.2, -0.15) is 0 Å². The number of carbonyl (C=O) groups excluding carboxylic acids is 1. The summed E-state index contributed by atoms with van der Waals surface area (Å²) >= 11 is 0. The third-order valence-corrected chi connectivity index (χ3v) is 3.14. The number of benzene rings is 2. The summed E-state index contributed by atoms with van der Waals surface area (Å²) in [7, 11) is 0. The van der Waals surface area contributed by atoms with Gasteiger partial charge in [0.05, 0.1) is 12.1 Å². The lowest BCUT2D eigenvalue weighted by molar-refractivity contribution is 0.102. The molecule has 0 atom stereocenters. The quantitative estimate of drug-likeness (QED) is 0.830. The summed E-state index contributed by atoms with van der Waals surface area (Å²) < 4.78 is 0. The fraction of sp³-hybridized carbons (Fsp3) is 0.167. The first-order valence-corrected chi connectivity index (χ1v) is 6.78. The largest absolute Gasteiger partial charge is 0.322 e. The Kier molecular flexibility index (Phi) is 4.76. The number of hydrogen-bond acceptors (Lipinski definition) is 2. The molecule has 0 aromatic heterocycles. The SMILES string of the molecule is Cc1ccc(C(=O)Nc2ccccc2C)c(C#CCN)c1. The van der Waals surface area contributed by atoms with Crippen molar-refractivity contribution in [3.05, 3.63) is 64.7 Å². The topological polar surface area (TPSA) is 55.1 Å². The van der Waals surface area contributed by atoms with Gasteiger partial charge in [-0.1, -0.05) is 36.1 Å². The number of hydrogen-bond donors (Lipinski definition) is 2. The number of rotatable bonds is 2. The smallest absolute Gasteiger partial charge is 0.256 e. The van der Waals surface area contributed by atoms with Crippen molar-refractivity contribution >= 4 is 11.6 Å². The average molecular weight is 278 g/mol. The molecule has 3 heteroatoms. The van der Waals surface area contributed by atoms with Gasteiger partial charge in [0, 0.05) is 11.3 Å². The maximum absolute atomic E-state index is 12.5. The zero-order valence-corrected chi connectivity index (χ0v) is 12.2. The monoisotopic (exact) mass is 278 g/mol. The van der Waals surface area contributed by atoms with Crippen LogP contribution in [0.5, 0.6) is 0 Å². The van der Waals surface area contributed by atoms with Crippen LogP contribution in [0.25, 0.3) is 0 Å². The van der Waals surface area contributed by atoms with Crippen LogP contribution in [0.15, 0.2) is 42.5 Å². The molecule has 0 saturated carbocycles. The van der Waals surface area contributed by atoms with Crippen LogP contribution in [-0.2, 0) is 0 Å². The van der Waals surface area contributed by atoms with Gasteiger partial charge in [0.15, 0.2) is 0 Å². The molecule has 1 amide bonds. The molecule has 106 valence electrons. The van der Waals surface area contributed by atoms with Gasteiger partial charge in [-0.3, -0.25) is 4.79 Å². The van der Waals surface area contributed by atoms with Crippen molar-refractivity contribution in [1.82, 2.24) is 0 Å². The van der Waals surface area contributed by atoms with E-state index in [-0.39, 0.29) is 12.5 Å². The molecule has 0 aliphatic rings. The van der Waals surface area contributed by atoms with Crippen LogP contribution < -0.4 is 11.1 Å². The van der Waals surface area contributed by atoms with Crippen LogP contribution in [0, 0.1) is 25.7 Å². The summed E-state index contributed by atoms with van der Waals surface area (Å²) in [5.74, 6) is 5.60. The van der Waals surface area contributed by atoms with E-state index in [9.17, 15) is 4.79 Å². The highest BCUT2D eigenvalue weighted by Crippen LogP contribution is 2.17. The lowest BCUT2D eigenvalue weighted by Crippen LogP contribution is -2.14. The lowest BCUT2D eigenvalue weighted by atomic mass is 10.0. The second-order valence-corrected chi connectivity index (χ2v) is 4.82. The van der Waals surface area contributed by atoms with E-state index in [1.54, 1.807) is 6.07 Å². The molecule has 21 heavy (non-hydrogen) atoms. The highest BCUT2D eigenvalue weighted by atomic mass is 16.1. The average Bonchev–Trinajstić information content (AvgIpc) is 2.47. The van der Waals surface area contributed by atoms with Crippen molar-refractivity contribution < 1.29 is 4.79 Å². The van der Waals surface area contributed by atoms with Crippen LogP contribution in [0.3, 0.4) is 0 Å². The van der Waals surface area contributed by atoms with Crippen molar-refractivity contribution in [1.29, 1.82) is 0 Å². The second kappa shape index (κ2) is 6.74. The van der Waals surface area contributed by atoms with Crippen molar-refractivity contribution in [2.75, 3.05) is 11.9 Å². The molecule has 2 rings (SSSR count). The molecule has 2 aromatic rings. The summed E-state index contributed by atoms with van der Waals surface area (Å²) in [6.45, 7) is 4.20. The molecule has 0 aliphatic heterocycles. The Hall–Kier alpha value is -2.57. The van der Waals surface area contributed by atoms with Crippen LogP contribution >= 0.6 is 0 Å². The van der Waals surface area contributed by atoms with Crippen molar-refractivity contribution in [2.45, 2.75) is 13.8 Å². The van der Waals surface area contributed by atoms with Crippen molar-refractivity contribution in [2.24, 2.45) is 5.73 Å². The fourth-order valence-electron chi connectivity index (χ4n) is 2.01. The Balaban J connectivity index is 2.33. The summed E-state index contributed by atoms with van der Waals surface area (Å²) in [5, 5.41) is 2.92. The maximum atomic E-state index is 12.5. The first-order valence-electron chi connectivity index (χ1n) is 6.78. The van der Waals surface area contributed by atoms with E-state index in [0.29, 0.717) is 11.1 Å². The lowest BCUT2D eigenvalue weighted by Gasteiger charge is -2.10. The van der Waals surface area contributed by atoms with Gasteiger partial charge in [-0.25, -0.2) is 0 Å².